The lowest BCUT2D eigenvalue weighted by Gasteiger charge is -2.41. The Morgan fingerprint density at radius 3 is 2.46 bits per heavy atom. The fourth-order valence-electron chi connectivity index (χ4n) is 2.20. The van der Waals surface area contributed by atoms with E-state index in [1.165, 1.54) is 6.92 Å². The predicted octanol–water partition coefficient (Wildman–Crippen LogP) is 1.02. The second kappa shape index (κ2) is 10.1. The van der Waals surface area contributed by atoms with Gasteiger partial charge in [-0.1, -0.05) is 25.5 Å². The van der Waals surface area contributed by atoms with Crippen molar-refractivity contribution >= 4 is 5.97 Å². The van der Waals surface area contributed by atoms with Crippen molar-refractivity contribution in [3.63, 3.8) is 0 Å². The van der Waals surface area contributed by atoms with E-state index in [4.69, 9.17) is 18.9 Å². The minimum atomic E-state index is -1.31. The molecule has 1 rings (SSSR count). The van der Waals surface area contributed by atoms with Crippen molar-refractivity contribution in [2.24, 2.45) is 5.92 Å². The van der Waals surface area contributed by atoms with E-state index in [-0.39, 0.29) is 12.5 Å². The Labute approximate surface area is 143 Å². The van der Waals surface area contributed by atoms with E-state index < -0.39 is 36.7 Å². The van der Waals surface area contributed by atoms with Gasteiger partial charge in [0.15, 0.2) is 12.4 Å². The topological polar surface area (TPSA) is 94.5 Å². The molecular weight excluding hydrogens is 316 g/mol. The summed E-state index contributed by atoms with van der Waals surface area (Å²) >= 11 is 0. The van der Waals surface area contributed by atoms with Crippen LogP contribution in [0, 0.1) is 5.92 Å². The SMILES string of the molecule is CC=C(C)COCC1OC(OCC(C)C)C(OC(C)=O)C(O)C1O. The first-order chi connectivity index (χ1) is 11.3. The quantitative estimate of drug-likeness (QED) is 0.500. The zero-order valence-electron chi connectivity index (χ0n) is 15.1. The van der Waals surface area contributed by atoms with Gasteiger partial charge in [-0.05, 0) is 19.8 Å². The Bertz CT molecular complexity index is 421. The highest BCUT2D eigenvalue weighted by Gasteiger charge is 2.47. The zero-order chi connectivity index (χ0) is 18.3. The van der Waals surface area contributed by atoms with Crippen molar-refractivity contribution in [1.29, 1.82) is 0 Å². The Balaban J connectivity index is 2.73. The second-order valence-electron chi connectivity index (χ2n) is 6.48. The molecule has 24 heavy (non-hydrogen) atoms. The Morgan fingerprint density at radius 1 is 1.25 bits per heavy atom. The van der Waals surface area contributed by atoms with Crippen molar-refractivity contribution < 1.29 is 34.0 Å². The molecule has 7 heteroatoms. The summed E-state index contributed by atoms with van der Waals surface area (Å²) in [7, 11) is 0. The van der Waals surface area contributed by atoms with Gasteiger partial charge in [-0.3, -0.25) is 4.79 Å². The van der Waals surface area contributed by atoms with E-state index in [0.717, 1.165) is 5.57 Å². The number of hydrogen-bond acceptors (Lipinski definition) is 7. The number of ether oxygens (including phenoxy) is 4. The fourth-order valence-corrected chi connectivity index (χ4v) is 2.20. The summed E-state index contributed by atoms with van der Waals surface area (Å²) in [5.74, 6) is -0.339. The maximum absolute atomic E-state index is 11.3. The molecule has 0 aliphatic carbocycles. The zero-order valence-corrected chi connectivity index (χ0v) is 15.1. The van der Waals surface area contributed by atoms with Crippen molar-refractivity contribution in [3.8, 4) is 0 Å². The van der Waals surface area contributed by atoms with Gasteiger partial charge in [-0.2, -0.15) is 0 Å². The van der Waals surface area contributed by atoms with E-state index in [1.54, 1.807) is 0 Å². The van der Waals surface area contributed by atoms with Gasteiger partial charge in [0.05, 0.1) is 19.8 Å². The van der Waals surface area contributed by atoms with E-state index >= 15 is 0 Å². The van der Waals surface area contributed by atoms with Crippen LogP contribution < -0.4 is 0 Å². The van der Waals surface area contributed by atoms with Gasteiger partial charge >= 0.3 is 5.97 Å². The van der Waals surface area contributed by atoms with Gasteiger partial charge in [-0.25, -0.2) is 0 Å². The van der Waals surface area contributed by atoms with Crippen LogP contribution in [-0.4, -0.2) is 66.7 Å². The highest BCUT2D eigenvalue weighted by molar-refractivity contribution is 5.66. The number of aliphatic hydroxyl groups is 2. The molecule has 0 amide bonds. The average molecular weight is 346 g/mol. The maximum Gasteiger partial charge on any atom is 0.303 e. The molecule has 1 heterocycles. The number of aliphatic hydroxyl groups excluding tert-OH is 2. The molecule has 5 atom stereocenters. The van der Waals surface area contributed by atoms with Gasteiger partial charge in [0.1, 0.15) is 18.3 Å². The minimum absolute atomic E-state index is 0.0950. The first-order valence-electron chi connectivity index (χ1n) is 8.26. The molecular formula is C17H30O7. The average Bonchev–Trinajstić information content (AvgIpc) is 2.52. The van der Waals surface area contributed by atoms with Gasteiger partial charge in [-0.15, -0.1) is 0 Å². The van der Waals surface area contributed by atoms with Gasteiger partial charge in [0, 0.05) is 6.92 Å². The van der Waals surface area contributed by atoms with Crippen LogP contribution >= 0.6 is 0 Å². The normalized spacial score (nSPS) is 31.3. The lowest BCUT2D eigenvalue weighted by atomic mass is 9.99. The largest absolute Gasteiger partial charge is 0.454 e. The summed E-state index contributed by atoms with van der Waals surface area (Å²) in [4.78, 5) is 11.3. The summed E-state index contributed by atoms with van der Waals surface area (Å²) < 4.78 is 21.9. The number of allylic oxidation sites excluding steroid dienone is 1. The molecule has 2 N–H and O–H groups in total. The summed E-state index contributed by atoms with van der Waals surface area (Å²) in [6.45, 7) is 9.88. The summed E-state index contributed by atoms with van der Waals surface area (Å²) in [6, 6.07) is 0. The molecule has 1 fully saturated rings. The number of carbonyl (C=O) groups is 1. The molecule has 0 aromatic rings. The predicted molar refractivity (Wildman–Crippen MR) is 87.3 cm³/mol. The number of esters is 1. The van der Waals surface area contributed by atoms with E-state index in [1.807, 2.05) is 33.8 Å². The molecule has 0 aromatic carbocycles. The van der Waals surface area contributed by atoms with Crippen molar-refractivity contribution in [3.05, 3.63) is 11.6 Å². The third-order valence-electron chi connectivity index (χ3n) is 3.65. The van der Waals surface area contributed by atoms with E-state index in [9.17, 15) is 15.0 Å². The van der Waals surface area contributed by atoms with E-state index in [0.29, 0.717) is 13.2 Å². The molecule has 0 bridgehead atoms. The maximum atomic E-state index is 11.3. The molecule has 140 valence electrons. The molecule has 0 aromatic heterocycles. The molecule has 0 radical (unpaired) electrons. The van der Waals surface area contributed by atoms with Crippen molar-refractivity contribution in [2.45, 2.75) is 65.3 Å². The first-order valence-corrected chi connectivity index (χ1v) is 8.26. The Hall–Kier alpha value is -0.990. The fraction of sp³-hybridized carbons (Fsp3) is 0.824. The lowest BCUT2D eigenvalue weighted by molar-refractivity contribution is -0.306. The molecule has 0 spiro atoms. The minimum Gasteiger partial charge on any atom is -0.454 e. The third-order valence-corrected chi connectivity index (χ3v) is 3.65. The van der Waals surface area contributed by atoms with Crippen LogP contribution in [0.2, 0.25) is 0 Å². The molecule has 1 saturated heterocycles. The highest BCUT2D eigenvalue weighted by atomic mass is 16.7. The number of carbonyl (C=O) groups excluding carboxylic acids is 1. The van der Waals surface area contributed by atoms with Gasteiger partial charge in [0.25, 0.3) is 0 Å². The van der Waals surface area contributed by atoms with Crippen LogP contribution in [0.25, 0.3) is 0 Å². The monoisotopic (exact) mass is 346 g/mol. The van der Waals surface area contributed by atoms with Crippen molar-refractivity contribution in [2.75, 3.05) is 19.8 Å². The lowest BCUT2D eigenvalue weighted by Crippen LogP contribution is -2.60. The molecule has 1 aliphatic heterocycles. The molecule has 7 nitrogen and oxygen atoms in total. The summed E-state index contributed by atoms with van der Waals surface area (Å²) in [5.41, 5.74) is 1.05. The second-order valence-corrected chi connectivity index (χ2v) is 6.48. The number of rotatable bonds is 8. The first kappa shape index (κ1) is 21.1. The third kappa shape index (κ3) is 6.49. The summed E-state index contributed by atoms with van der Waals surface area (Å²) in [6.07, 6.45) is -3.42. The van der Waals surface area contributed by atoms with Gasteiger partial charge in [0.2, 0.25) is 0 Å². The van der Waals surface area contributed by atoms with Crippen LogP contribution in [0.4, 0.5) is 0 Å². The molecule has 5 unspecified atom stereocenters. The van der Waals surface area contributed by atoms with Crippen LogP contribution in [0.5, 0.6) is 0 Å². The molecule has 1 aliphatic rings. The molecule has 0 saturated carbocycles. The smallest absolute Gasteiger partial charge is 0.303 e. The highest BCUT2D eigenvalue weighted by Crippen LogP contribution is 2.25. The van der Waals surface area contributed by atoms with Crippen LogP contribution in [-0.2, 0) is 23.7 Å². The van der Waals surface area contributed by atoms with Crippen LogP contribution in [0.15, 0.2) is 11.6 Å². The van der Waals surface area contributed by atoms with Crippen LogP contribution in [0.1, 0.15) is 34.6 Å². The van der Waals surface area contributed by atoms with Crippen LogP contribution in [0.3, 0.4) is 0 Å². The standard InChI is InChI=1S/C17H30O7/c1-6-11(4)8-21-9-13-14(19)15(20)16(23-12(5)18)17(24-13)22-7-10(2)3/h6,10,13-17,19-20H,7-9H2,1-5H3. The Kier molecular flexibility index (Phi) is 8.86. The number of hydrogen-bond donors (Lipinski definition) is 2. The Morgan fingerprint density at radius 2 is 1.92 bits per heavy atom. The van der Waals surface area contributed by atoms with Gasteiger partial charge < -0.3 is 29.2 Å². The van der Waals surface area contributed by atoms with E-state index in [2.05, 4.69) is 0 Å². The summed E-state index contributed by atoms with van der Waals surface area (Å²) in [5, 5.41) is 20.5. The van der Waals surface area contributed by atoms with Crippen molar-refractivity contribution in [1.82, 2.24) is 0 Å².